The zero-order valence-corrected chi connectivity index (χ0v) is 31.9. The van der Waals surface area contributed by atoms with Gasteiger partial charge in [-0.2, -0.15) is 0 Å². The molecule has 0 aromatic carbocycles. The van der Waals surface area contributed by atoms with E-state index in [0.29, 0.717) is 17.4 Å². The van der Waals surface area contributed by atoms with Crippen molar-refractivity contribution in [2.45, 2.75) is 161 Å². The van der Waals surface area contributed by atoms with Crippen LogP contribution in [0.4, 0.5) is 0 Å². The minimum absolute atomic E-state index is 0.0110. The quantitative estimate of drug-likeness (QED) is 0.0309. The Morgan fingerprint density at radius 3 is 1.68 bits per heavy atom. The van der Waals surface area contributed by atoms with Crippen LogP contribution in [0.1, 0.15) is 149 Å². The van der Waals surface area contributed by atoms with Crippen LogP contribution in [-0.4, -0.2) is 68.5 Å². The average molecular weight is 685 g/mol. The van der Waals surface area contributed by atoms with E-state index in [1.54, 1.807) is 6.08 Å². The van der Waals surface area contributed by atoms with Crippen LogP contribution in [-0.2, 0) is 18.4 Å². The molecule has 0 aliphatic heterocycles. The molecule has 0 fully saturated rings. The zero-order valence-electron chi connectivity index (χ0n) is 31.0. The van der Waals surface area contributed by atoms with Crippen molar-refractivity contribution in [1.82, 2.24) is 5.32 Å². The van der Waals surface area contributed by atoms with Crippen molar-refractivity contribution in [3.05, 3.63) is 36.5 Å². The number of hydrogen-bond donors (Lipinski definition) is 2. The molecule has 3 atom stereocenters. The molecule has 0 heterocycles. The van der Waals surface area contributed by atoms with Gasteiger partial charge in [-0.3, -0.25) is 9.36 Å². The van der Waals surface area contributed by atoms with E-state index in [0.717, 1.165) is 25.7 Å². The van der Waals surface area contributed by atoms with E-state index in [2.05, 4.69) is 36.5 Å². The Morgan fingerprint density at radius 2 is 1.19 bits per heavy atom. The highest BCUT2D eigenvalue weighted by Crippen LogP contribution is 2.38. The van der Waals surface area contributed by atoms with Gasteiger partial charge < -0.3 is 28.8 Å². The minimum atomic E-state index is -4.56. The molecule has 276 valence electrons. The highest BCUT2D eigenvalue weighted by Gasteiger charge is 2.22. The number of aliphatic hydroxyl groups excluding tert-OH is 1. The molecule has 0 saturated heterocycles. The molecule has 0 aromatic rings. The molecule has 0 rings (SSSR count). The molecule has 0 radical (unpaired) electrons. The van der Waals surface area contributed by atoms with Gasteiger partial charge in [0.05, 0.1) is 39.9 Å². The molecule has 0 saturated carbocycles. The van der Waals surface area contributed by atoms with Crippen molar-refractivity contribution < 1.29 is 32.9 Å². The third kappa shape index (κ3) is 33.0. The van der Waals surface area contributed by atoms with Gasteiger partial charge in [-0.25, -0.2) is 0 Å². The summed E-state index contributed by atoms with van der Waals surface area (Å²) in [4.78, 5) is 24.3. The molecule has 0 bridgehead atoms. The number of nitrogens with zero attached hydrogens (tertiary/aromatic N) is 1. The second-order valence-electron chi connectivity index (χ2n) is 13.9. The van der Waals surface area contributed by atoms with E-state index in [9.17, 15) is 19.4 Å². The van der Waals surface area contributed by atoms with Crippen LogP contribution < -0.4 is 10.2 Å². The molecule has 0 aliphatic rings. The standard InChI is InChI=1S/C38H73N2O6P/c1-6-8-9-10-11-12-13-14-15-16-17-18-19-20-21-22-23-24-25-26-27-28-29-30-32-37(41)36(39-38(42)31-7-2)35-46-47(43,44)45-34-33-40(3,4)5/h22-23,26-27,30,32,36-37,41H,6-21,24-25,28-29,31,33-35H2,1-5H3,(H-,39,42,43,44)/b23-22+,27-26+,32-30+. The van der Waals surface area contributed by atoms with Crippen molar-refractivity contribution in [3.63, 3.8) is 0 Å². The first-order chi connectivity index (χ1) is 22.5. The maximum absolute atomic E-state index is 12.2. The normalized spacial score (nSPS) is 15.1. The lowest BCUT2D eigenvalue weighted by Crippen LogP contribution is -2.45. The molecule has 0 aliphatic carbocycles. The maximum Gasteiger partial charge on any atom is 0.268 e. The second kappa shape index (κ2) is 30.8. The van der Waals surface area contributed by atoms with Gasteiger partial charge in [0.15, 0.2) is 0 Å². The van der Waals surface area contributed by atoms with E-state index in [4.69, 9.17) is 9.05 Å². The number of unbranched alkanes of at least 4 members (excludes halogenated alkanes) is 16. The van der Waals surface area contributed by atoms with Crippen LogP contribution in [0.5, 0.6) is 0 Å². The minimum Gasteiger partial charge on any atom is -0.756 e. The van der Waals surface area contributed by atoms with E-state index >= 15 is 0 Å². The summed E-state index contributed by atoms with van der Waals surface area (Å²) in [6.45, 7) is 4.23. The lowest BCUT2D eigenvalue weighted by molar-refractivity contribution is -0.870. The van der Waals surface area contributed by atoms with Crippen LogP contribution in [0.2, 0.25) is 0 Å². The molecule has 8 nitrogen and oxygen atoms in total. The van der Waals surface area contributed by atoms with Gasteiger partial charge in [-0.1, -0.05) is 134 Å². The van der Waals surface area contributed by atoms with Gasteiger partial charge >= 0.3 is 0 Å². The Kier molecular flexibility index (Phi) is 29.9. The summed E-state index contributed by atoms with van der Waals surface area (Å²) >= 11 is 0. The number of amides is 1. The van der Waals surface area contributed by atoms with Crippen molar-refractivity contribution >= 4 is 13.7 Å². The van der Waals surface area contributed by atoms with Crippen molar-refractivity contribution in [3.8, 4) is 0 Å². The van der Waals surface area contributed by atoms with Crippen molar-refractivity contribution in [2.24, 2.45) is 0 Å². The number of phosphoric ester groups is 1. The first kappa shape index (κ1) is 45.7. The SMILES string of the molecule is CCCCCCCCCCCCCCCC/C=C/CC/C=C/CC/C=C/C(O)C(COP(=O)([O-])OCC[N+](C)(C)C)NC(=O)CCC. The Hall–Kier alpha value is -1.28. The molecule has 0 spiro atoms. The number of carbonyl (C=O) groups excluding carboxylic acids is 1. The van der Waals surface area contributed by atoms with Gasteiger partial charge in [0, 0.05) is 6.42 Å². The fraction of sp³-hybridized carbons (Fsp3) is 0.816. The molecule has 3 unspecified atom stereocenters. The zero-order chi connectivity index (χ0) is 35.1. The van der Waals surface area contributed by atoms with Gasteiger partial charge in [-0.05, 0) is 44.9 Å². The van der Waals surface area contributed by atoms with E-state index < -0.39 is 26.6 Å². The van der Waals surface area contributed by atoms with Crippen LogP contribution in [0.25, 0.3) is 0 Å². The molecular formula is C38H73N2O6P. The average Bonchev–Trinajstić information content (AvgIpc) is 3.00. The summed E-state index contributed by atoms with van der Waals surface area (Å²) in [7, 11) is 1.22. The number of carbonyl (C=O) groups is 1. The van der Waals surface area contributed by atoms with Gasteiger partial charge in [0.25, 0.3) is 7.82 Å². The third-order valence-electron chi connectivity index (χ3n) is 8.05. The monoisotopic (exact) mass is 685 g/mol. The van der Waals surface area contributed by atoms with Crippen LogP contribution in [0, 0.1) is 0 Å². The van der Waals surface area contributed by atoms with Crippen molar-refractivity contribution in [1.29, 1.82) is 0 Å². The van der Waals surface area contributed by atoms with Crippen LogP contribution in [0.3, 0.4) is 0 Å². The van der Waals surface area contributed by atoms with Crippen LogP contribution >= 0.6 is 7.82 Å². The number of nitrogens with one attached hydrogen (secondary N) is 1. The number of phosphoric acid groups is 1. The Labute approximate surface area is 289 Å². The smallest absolute Gasteiger partial charge is 0.268 e. The molecule has 1 amide bonds. The fourth-order valence-electron chi connectivity index (χ4n) is 5.05. The predicted molar refractivity (Wildman–Crippen MR) is 196 cm³/mol. The molecule has 9 heteroatoms. The van der Waals surface area contributed by atoms with Crippen LogP contribution in [0.15, 0.2) is 36.5 Å². The van der Waals surface area contributed by atoms with Gasteiger partial charge in [-0.15, -0.1) is 0 Å². The highest BCUT2D eigenvalue weighted by atomic mass is 31.2. The summed E-state index contributed by atoms with van der Waals surface area (Å²) in [6.07, 6.45) is 36.5. The number of likely N-dealkylation sites (N-methyl/N-ethyl adjacent to an activating group) is 1. The number of hydrogen-bond acceptors (Lipinski definition) is 6. The molecule has 47 heavy (non-hydrogen) atoms. The maximum atomic E-state index is 12.2. The number of quaternary nitrogens is 1. The highest BCUT2D eigenvalue weighted by molar-refractivity contribution is 7.45. The second-order valence-corrected chi connectivity index (χ2v) is 15.3. The van der Waals surface area contributed by atoms with E-state index in [1.165, 1.54) is 96.3 Å². The number of rotatable bonds is 33. The molecule has 2 N–H and O–H groups in total. The fourth-order valence-corrected chi connectivity index (χ4v) is 5.77. The van der Waals surface area contributed by atoms with Crippen molar-refractivity contribution in [2.75, 3.05) is 40.9 Å². The van der Waals surface area contributed by atoms with Gasteiger partial charge in [0.2, 0.25) is 5.91 Å². The Morgan fingerprint density at radius 1 is 0.723 bits per heavy atom. The first-order valence-electron chi connectivity index (χ1n) is 18.9. The topological polar surface area (TPSA) is 108 Å². The Bertz CT molecular complexity index is 871. The Balaban J connectivity index is 4.05. The lowest BCUT2D eigenvalue weighted by Gasteiger charge is -2.29. The summed E-state index contributed by atoms with van der Waals surface area (Å²) < 4.78 is 22.7. The number of aliphatic hydroxyl groups is 1. The molecule has 0 aromatic heterocycles. The largest absolute Gasteiger partial charge is 0.756 e. The summed E-state index contributed by atoms with van der Waals surface area (Å²) in [5, 5.41) is 13.3. The van der Waals surface area contributed by atoms with E-state index in [1.807, 2.05) is 34.1 Å². The first-order valence-corrected chi connectivity index (χ1v) is 20.3. The lowest BCUT2D eigenvalue weighted by atomic mass is 10.0. The number of allylic oxidation sites excluding steroid dienone is 5. The van der Waals surface area contributed by atoms with Gasteiger partial charge in [0.1, 0.15) is 13.2 Å². The molecular weight excluding hydrogens is 611 g/mol. The van der Waals surface area contributed by atoms with E-state index in [-0.39, 0.29) is 18.9 Å². The summed E-state index contributed by atoms with van der Waals surface area (Å²) in [5.74, 6) is -0.267. The predicted octanol–water partition coefficient (Wildman–Crippen LogP) is 8.94. The third-order valence-corrected chi connectivity index (χ3v) is 9.01. The summed E-state index contributed by atoms with van der Waals surface area (Å²) in [5.41, 5.74) is 0. The summed E-state index contributed by atoms with van der Waals surface area (Å²) in [6, 6.07) is -0.901.